The molecule has 0 aliphatic rings. The van der Waals surface area contributed by atoms with Crippen LogP contribution in [0.1, 0.15) is 30.9 Å². The van der Waals surface area contributed by atoms with Crippen LogP contribution < -0.4 is 5.32 Å². The van der Waals surface area contributed by atoms with E-state index in [0.717, 1.165) is 12.8 Å². The fourth-order valence-corrected chi connectivity index (χ4v) is 1.87. The van der Waals surface area contributed by atoms with Crippen molar-refractivity contribution in [1.82, 2.24) is 5.32 Å². The van der Waals surface area contributed by atoms with Gasteiger partial charge in [-0.3, -0.25) is 0 Å². The Labute approximate surface area is 99.6 Å². The van der Waals surface area contributed by atoms with Crippen molar-refractivity contribution < 1.29 is 0 Å². The average Bonchev–Trinajstić information content (AvgIpc) is 2.26. The van der Waals surface area contributed by atoms with Crippen molar-refractivity contribution in [2.24, 2.45) is 0 Å². The summed E-state index contributed by atoms with van der Waals surface area (Å²) in [5.41, 5.74) is 4.10. The van der Waals surface area contributed by atoms with E-state index >= 15 is 0 Å². The molecule has 0 aliphatic heterocycles. The molecule has 1 heteroatoms. The van der Waals surface area contributed by atoms with Crippen molar-refractivity contribution in [2.75, 3.05) is 7.05 Å². The van der Waals surface area contributed by atoms with Gasteiger partial charge in [-0.05, 0) is 51.3 Å². The predicted octanol–water partition coefficient (Wildman–Crippen LogP) is 3.48. The monoisotopic (exact) mass is 217 g/mol. The van der Waals surface area contributed by atoms with Crippen LogP contribution in [-0.4, -0.2) is 13.1 Å². The molecule has 0 fully saturated rings. The Balaban J connectivity index is 2.56. The van der Waals surface area contributed by atoms with E-state index in [4.69, 9.17) is 0 Å². The third-order valence-corrected chi connectivity index (χ3v) is 3.06. The molecule has 0 heterocycles. The molecule has 0 spiro atoms. The van der Waals surface area contributed by atoms with Gasteiger partial charge in [0, 0.05) is 6.04 Å². The van der Waals surface area contributed by atoms with Crippen molar-refractivity contribution in [1.29, 1.82) is 0 Å². The SMILES string of the molecule is C=C(C)CCC(Cc1ccccc1C)NC. The first-order valence-electron chi connectivity index (χ1n) is 5.99. The van der Waals surface area contributed by atoms with Gasteiger partial charge < -0.3 is 5.32 Å². The molecule has 1 rings (SSSR count). The highest BCUT2D eigenvalue weighted by Crippen LogP contribution is 2.13. The lowest BCUT2D eigenvalue weighted by Crippen LogP contribution is -2.27. The fourth-order valence-electron chi connectivity index (χ4n) is 1.87. The lowest BCUT2D eigenvalue weighted by molar-refractivity contribution is 0.518. The van der Waals surface area contributed by atoms with Crippen LogP contribution in [0.15, 0.2) is 36.4 Å². The van der Waals surface area contributed by atoms with Crippen LogP contribution in [0, 0.1) is 6.92 Å². The normalized spacial score (nSPS) is 12.4. The minimum atomic E-state index is 0.554. The Hall–Kier alpha value is -1.08. The zero-order valence-electron chi connectivity index (χ0n) is 10.7. The number of hydrogen-bond donors (Lipinski definition) is 1. The van der Waals surface area contributed by atoms with Gasteiger partial charge in [0.25, 0.3) is 0 Å². The van der Waals surface area contributed by atoms with Crippen LogP contribution in [0.5, 0.6) is 0 Å². The predicted molar refractivity (Wildman–Crippen MR) is 71.8 cm³/mol. The van der Waals surface area contributed by atoms with Crippen molar-refractivity contribution in [2.45, 2.75) is 39.2 Å². The molecule has 16 heavy (non-hydrogen) atoms. The van der Waals surface area contributed by atoms with Crippen molar-refractivity contribution >= 4 is 0 Å². The number of allylic oxidation sites excluding steroid dienone is 1. The zero-order chi connectivity index (χ0) is 12.0. The lowest BCUT2D eigenvalue weighted by atomic mass is 9.97. The highest BCUT2D eigenvalue weighted by Gasteiger charge is 2.08. The molecule has 1 aromatic rings. The molecule has 0 aromatic heterocycles. The van der Waals surface area contributed by atoms with Crippen molar-refractivity contribution in [3.8, 4) is 0 Å². The van der Waals surface area contributed by atoms with E-state index in [1.165, 1.54) is 23.1 Å². The standard InChI is InChI=1S/C15H23N/c1-12(2)9-10-15(16-4)11-14-8-6-5-7-13(14)3/h5-8,15-16H,1,9-11H2,2-4H3. The summed E-state index contributed by atoms with van der Waals surface area (Å²) < 4.78 is 0. The Morgan fingerprint density at radius 3 is 2.62 bits per heavy atom. The first-order valence-corrected chi connectivity index (χ1v) is 5.99. The van der Waals surface area contributed by atoms with Crippen LogP contribution in [0.4, 0.5) is 0 Å². The van der Waals surface area contributed by atoms with Gasteiger partial charge in [-0.2, -0.15) is 0 Å². The van der Waals surface area contributed by atoms with Gasteiger partial charge in [-0.25, -0.2) is 0 Å². The van der Waals surface area contributed by atoms with Gasteiger partial charge >= 0.3 is 0 Å². The number of hydrogen-bond acceptors (Lipinski definition) is 1. The maximum absolute atomic E-state index is 3.96. The van der Waals surface area contributed by atoms with E-state index in [2.05, 4.69) is 50.0 Å². The van der Waals surface area contributed by atoms with E-state index in [9.17, 15) is 0 Å². The molecule has 0 bridgehead atoms. The van der Waals surface area contributed by atoms with Gasteiger partial charge in [0.1, 0.15) is 0 Å². The van der Waals surface area contributed by atoms with Gasteiger partial charge in [-0.1, -0.05) is 29.8 Å². The number of nitrogens with one attached hydrogen (secondary N) is 1. The topological polar surface area (TPSA) is 12.0 Å². The number of likely N-dealkylation sites (N-methyl/N-ethyl adjacent to an activating group) is 1. The average molecular weight is 217 g/mol. The third-order valence-electron chi connectivity index (χ3n) is 3.06. The lowest BCUT2D eigenvalue weighted by Gasteiger charge is -2.17. The summed E-state index contributed by atoms with van der Waals surface area (Å²) in [6.07, 6.45) is 3.38. The molecule has 0 radical (unpaired) electrons. The molecule has 0 saturated carbocycles. The molecule has 1 unspecified atom stereocenters. The fraction of sp³-hybridized carbons (Fsp3) is 0.467. The molecule has 1 atom stereocenters. The van der Waals surface area contributed by atoms with E-state index in [0.29, 0.717) is 6.04 Å². The Morgan fingerprint density at radius 1 is 1.38 bits per heavy atom. The van der Waals surface area contributed by atoms with Gasteiger partial charge in [0.2, 0.25) is 0 Å². The number of benzene rings is 1. The van der Waals surface area contributed by atoms with Crippen molar-refractivity contribution in [3.63, 3.8) is 0 Å². The Bertz CT molecular complexity index is 341. The minimum absolute atomic E-state index is 0.554. The van der Waals surface area contributed by atoms with E-state index in [1.54, 1.807) is 0 Å². The van der Waals surface area contributed by atoms with Gasteiger partial charge in [0.15, 0.2) is 0 Å². The van der Waals surface area contributed by atoms with Crippen LogP contribution >= 0.6 is 0 Å². The third kappa shape index (κ3) is 4.19. The van der Waals surface area contributed by atoms with E-state index in [1.807, 2.05) is 7.05 Å². The summed E-state index contributed by atoms with van der Waals surface area (Å²) in [5.74, 6) is 0. The van der Waals surface area contributed by atoms with Crippen molar-refractivity contribution in [3.05, 3.63) is 47.5 Å². The highest BCUT2D eigenvalue weighted by molar-refractivity contribution is 5.26. The summed E-state index contributed by atoms with van der Waals surface area (Å²) in [6.45, 7) is 8.24. The summed E-state index contributed by atoms with van der Waals surface area (Å²) in [5, 5.41) is 3.39. The Morgan fingerprint density at radius 2 is 2.06 bits per heavy atom. The molecule has 88 valence electrons. The molecule has 1 nitrogen and oxygen atoms in total. The Kier molecular flexibility index (Phi) is 5.27. The first-order chi connectivity index (χ1) is 7.63. The second-order valence-electron chi connectivity index (χ2n) is 4.61. The van der Waals surface area contributed by atoms with Gasteiger partial charge in [-0.15, -0.1) is 6.58 Å². The van der Waals surface area contributed by atoms with Gasteiger partial charge in [0.05, 0.1) is 0 Å². The molecule has 1 aromatic carbocycles. The summed E-state index contributed by atoms with van der Waals surface area (Å²) in [4.78, 5) is 0. The molecular formula is C15H23N. The maximum atomic E-state index is 3.96. The summed E-state index contributed by atoms with van der Waals surface area (Å²) >= 11 is 0. The molecular weight excluding hydrogens is 194 g/mol. The highest BCUT2D eigenvalue weighted by atomic mass is 14.9. The zero-order valence-corrected chi connectivity index (χ0v) is 10.7. The summed E-state index contributed by atoms with van der Waals surface area (Å²) in [7, 11) is 2.04. The maximum Gasteiger partial charge on any atom is 0.0108 e. The number of rotatable bonds is 6. The first kappa shape index (κ1) is 13.0. The molecule has 1 N–H and O–H groups in total. The minimum Gasteiger partial charge on any atom is -0.317 e. The largest absolute Gasteiger partial charge is 0.317 e. The molecule has 0 saturated heterocycles. The van der Waals surface area contributed by atoms with Crippen LogP contribution in [0.3, 0.4) is 0 Å². The van der Waals surface area contributed by atoms with Crippen LogP contribution in [-0.2, 0) is 6.42 Å². The quantitative estimate of drug-likeness (QED) is 0.719. The number of aryl methyl sites for hydroxylation is 1. The smallest absolute Gasteiger partial charge is 0.0108 e. The second-order valence-corrected chi connectivity index (χ2v) is 4.61. The molecule has 0 amide bonds. The van der Waals surface area contributed by atoms with Crippen LogP contribution in [0.25, 0.3) is 0 Å². The van der Waals surface area contributed by atoms with E-state index < -0.39 is 0 Å². The second kappa shape index (κ2) is 6.49. The molecule has 0 aliphatic carbocycles. The summed E-state index contributed by atoms with van der Waals surface area (Å²) in [6, 6.07) is 9.17. The van der Waals surface area contributed by atoms with Crippen LogP contribution in [0.2, 0.25) is 0 Å². The van der Waals surface area contributed by atoms with E-state index in [-0.39, 0.29) is 0 Å².